The maximum absolute atomic E-state index is 13.2. The molecule has 1 aliphatic heterocycles. The van der Waals surface area contributed by atoms with Crippen LogP contribution in [0, 0.1) is 0 Å². The number of carbonyl (C=O) groups excluding carboxylic acids is 2. The molecule has 1 heterocycles. The second kappa shape index (κ2) is 8.38. The highest BCUT2D eigenvalue weighted by Gasteiger charge is 2.34. The molecule has 0 spiro atoms. The lowest BCUT2D eigenvalue weighted by atomic mass is 10.00. The van der Waals surface area contributed by atoms with Gasteiger partial charge >= 0.3 is 0 Å². The Bertz CT molecular complexity index is 1200. The summed E-state index contributed by atoms with van der Waals surface area (Å²) in [5.41, 5.74) is 1.34. The van der Waals surface area contributed by atoms with Crippen molar-refractivity contribution in [1.29, 1.82) is 0 Å². The Labute approximate surface area is 187 Å². The number of halogens is 1. The zero-order valence-electron chi connectivity index (χ0n) is 16.0. The number of carbonyl (C=O) groups is 2. The third-order valence-corrected chi connectivity index (χ3v) is 5.52. The number of hydrogen-bond donors (Lipinski definition) is 1. The van der Waals surface area contributed by atoms with E-state index in [9.17, 15) is 9.59 Å². The Morgan fingerprint density at radius 3 is 2.43 bits per heavy atom. The minimum Gasteiger partial charge on any atom is -0.493 e. The predicted octanol–water partition coefficient (Wildman–Crippen LogP) is 4.83. The summed E-state index contributed by atoms with van der Waals surface area (Å²) in [6, 6.07) is 18.6. The second-order valence-corrected chi connectivity index (χ2v) is 7.87. The van der Waals surface area contributed by atoms with E-state index in [2.05, 4.69) is 21.2 Å². The Kier molecular flexibility index (Phi) is 5.65. The molecule has 0 aromatic heterocycles. The van der Waals surface area contributed by atoms with Gasteiger partial charge in [-0.25, -0.2) is 0 Å². The summed E-state index contributed by atoms with van der Waals surface area (Å²) in [6.07, 6.45) is 1.60. The van der Waals surface area contributed by atoms with Crippen LogP contribution in [0.15, 0.2) is 70.7 Å². The van der Waals surface area contributed by atoms with Crippen LogP contribution >= 0.6 is 28.1 Å². The summed E-state index contributed by atoms with van der Waals surface area (Å²) in [4.78, 5) is 27.1. The average Bonchev–Trinajstić information content (AvgIpc) is 2.74. The molecule has 5 nitrogen and oxygen atoms in total. The number of thiocarbonyl (C=S) groups is 1. The maximum Gasteiger partial charge on any atom is 0.270 e. The molecule has 2 amide bonds. The number of amides is 2. The van der Waals surface area contributed by atoms with Gasteiger partial charge in [0, 0.05) is 9.86 Å². The van der Waals surface area contributed by atoms with Crippen molar-refractivity contribution in [3.05, 3.63) is 76.3 Å². The average molecular weight is 481 g/mol. The predicted molar refractivity (Wildman–Crippen MR) is 125 cm³/mol. The molecule has 0 unspecified atom stereocenters. The Hall–Kier alpha value is -3.03. The minimum atomic E-state index is -0.517. The zero-order valence-corrected chi connectivity index (χ0v) is 18.4. The number of ether oxygens (including phenoxy) is 1. The lowest BCUT2D eigenvalue weighted by Gasteiger charge is -2.29. The van der Waals surface area contributed by atoms with Crippen LogP contribution in [0.1, 0.15) is 12.5 Å². The van der Waals surface area contributed by atoms with Crippen molar-refractivity contribution in [3.63, 3.8) is 0 Å². The van der Waals surface area contributed by atoms with E-state index in [0.717, 1.165) is 26.6 Å². The van der Waals surface area contributed by atoms with Crippen LogP contribution in [-0.4, -0.2) is 23.5 Å². The third kappa shape index (κ3) is 3.74. The standard InChI is InChI=1S/C23H17BrN2O3S/c1-2-29-20-12-7-14(17-5-3-4-6-18(17)20)13-19-21(27)25-23(30)26(22(19)28)16-10-8-15(24)9-11-16/h3-13H,2H2,1H3,(H,25,27,30)/b19-13+. The third-order valence-electron chi connectivity index (χ3n) is 4.70. The number of nitrogens with zero attached hydrogens (tertiary/aromatic N) is 1. The van der Waals surface area contributed by atoms with Gasteiger partial charge in [-0.2, -0.15) is 0 Å². The first-order chi connectivity index (χ1) is 14.5. The van der Waals surface area contributed by atoms with Gasteiger partial charge in [-0.05, 0) is 66.5 Å². The van der Waals surface area contributed by atoms with Crippen molar-refractivity contribution in [2.45, 2.75) is 6.92 Å². The van der Waals surface area contributed by atoms with Crippen LogP contribution < -0.4 is 15.0 Å². The minimum absolute atomic E-state index is 0.0147. The molecule has 1 fully saturated rings. The van der Waals surface area contributed by atoms with Gasteiger partial charge in [-0.15, -0.1) is 0 Å². The fourth-order valence-corrected chi connectivity index (χ4v) is 3.88. The first-order valence-corrected chi connectivity index (χ1v) is 10.5. The van der Waals surface area contributed by atoms with E-state index in [1.807, 2.05) is 55.5 Å². The molecule has 0 aliphatic carbocycles. The second-order valence-electron chi connectivity index (χ2n) is 6.57. The molecule has 150 valence electrons. The molecule has 0 bridgehead atoms. The van der Waals surface area contributed by atoms with Gasteiger partial charge in [0.25, 0.3) is 11.8 Å². The van der Waals surface area contributed by atoms with Gasteiger partial charge in [0.15, 0.2) is 5.11 Å². The summed E-state index contributed by atoms with van der Waals surface area (Å²) in [5.74, 6) is -0.229. The smallest absolute Gasteiger partial charge is 0.270 e. The van der Waals surface area contributed by atoms with Crippen molar-refractivity contribution < 1.29 is 14.3 Å². The van der Waals surface area contributed by atoms with Gasteiger partial charge in [-0.1, -0.05) is 46.3 Å². The quantitative estimate of drug-likeness (QED) is 0.330. The lowest BCUT2D eigenvalue weighted by Crippen LogP contribution is -2.54. The van der Waals surface area contributed by atoms with Gasteiger partial charge in [0.05, 0.1) is 12.3 Å². The number of rotatable bonds is 4. The van der Waals surface area contributed by atoms with Gasteiger partial charge in [-0.3, -0.25) is 19.8 Å². The molecule has 30 heavy (non-hydrogen) atoms. The molecule has 3 aromatic carbocycles. The molecule has 4 rings (SSSR count). The van der Waals surface area contributed by atoms with Crippen molar-refractivity contribution in [1.82, 2.24) is 5.32 Å². The van der Waals surface area contributed by atoms with Crippen LogP contribution in [0.2, 0.25) is 0 Å². The fraction of sp³-hybridized carbons (Fsp3) is 0.0870. The van der Waals surface area contributed by atoms with E-state index < -0.39 is 11.8 Å². The van der Waals surface area contributed by atoms with E-state index >= 15 is 0 Å². The van der Waals surface area contributed by atoms with E-state index in [1.165, 1.54) is 4.90 Å². The highest BCUT2D eigenvalue weighted by atomic mass is 79.9. The summed E-state index contributed by atoms with van der Waals surface area (Å²) < 4.78 is 6.59. The molecule has 0 atom stereocenters. The van der Waals surface area contributed by atoms with Gasteiger partial charge in [0.1, 0.15) is 11.3 Å². The van der Waals surface area contributed by atoms with Crippen LogP contribution in [0.3, 0.4) is 0 Å². The number of hydrogen-bond acceptors (Lipinski definition) is 4. The van der Waals surface area contributed by atoms with Crippen LogP contribution in [0.5, 0.6) is 5.75 Å². The number of benzene rings is 3. The van der Waals surface area contributed by atoms with E-state index in [-0.39, 0.29) is 10.7 Å². The van der Waals surface area contributed by atoms with E-state index in [1.54, 1.807) is 18.2 Å². The Balaban J connectivity index is 1.80. The molecule has 0 saturated carbocycles. The molecule has 3 aromatic rings. The summed E-state index contributed by atoms with van der Waals surface area (Å²) in [5, 5.41) is 4.48. The Morgan fingerprint density at radius 1 is 1.03 bits per heavy atom. The van der Waals surface area contributed by atoms with Crippen molar-refractivity contribution in [2.75, 3.05) is 11.5 Å². The van der Waals surface area contributed by atoms with Crippen molar-refractivity contribution >= 4 is 67.6 Å². The van der Waals surface area contributed by atoms with E-state index in [4.69, 9.17) is 17.0 Å². The maximum atomic E-state index is 13.2. The number of fused-ring (bicyclic) bond motifs is 1. The highest BCUT2D eigenvalue weighted by molar-refractivity contribution is 9.10. The summed E-state index contributed by atoms with van der Waals surface area (Å²) >= 11 is 8.63. The van der Waals surface area contributed by atoms with Crippen LogP contribution in [-0.2, 0) is 9.59 Å². The normalized spacial score (nSPS) is 15.6. The van der Waals surface area contributed by atoms with Crippen LogP contribution in [0.4, 0.5) is 5.69 Å². The lowest BCUT2D eigenvalue weighted by molar-refractivity contribution is -0.122. The van der Waals surface area contributed by atoms with Gasteiger partial charge < -0.3 is 4.74 Å². The highest BCUT2D eigenvalue weighted by Crippen LogP contribution is 2.31. The molecule has 1 N–H and O–H groups in total. The molecule has 1 aliphatic rings. The van der Waals surface area contributed by atoms with Crippen molar-refractivity contribution in [2.24, 2.45) is 0 Å². The summed E-state index contributed by atoms with van der Waals surface area (Å²) in [7, 11) is 0. The van der Waals surface area contributed by atoms with E-state index in [0.29, 0.717) is 12.3 Å². The zero-order chi connectivity index (χ0) is 21.3. The molecular weight excluding hydrogens is 464 g/mol. The molecule has 1 saturated heterocycles. The van der Waals surface area contributed by atoms with Gasteiger partial charge in [0.2, 0.25) is 0 Å². The SMILES string of the molecule is CCOc1ccc(/C=C2\C(=O)NC(=S)N(c3ccc(Br)cc3)C2=O)c2ccccc12. The molecule has 7 heteroatoms. The number of nitrogens with one attached hydrogen (secondary N) is 1. The largest absolute Gasteiger partial charge is 0.493 e. The van der Waals surface area contributed by atoms with Crippen LogP contribution in [0.25, 0.3) is 16.8 Å². The Morgan fingerprint density at radius 2 is 1.73 bits per heavy atom. The molecular formula is C23H17BrN2O3S. The van der Waals surface area contributed by atoms with Crippen molar-refractivity contribution in [3.8, 4) is 5.75 Å². The molecule has 0 radical (unpaired) electrons. The fourth-order valence-electron chi connectivity index (χ4n) is 3.34. The monoisotopic (exact) mass is 480 g/mol. The first kappa shape index (κ1) is 20.3. The first-order valence-electron chi connectivity index (χ1n) is 9.31. The summed E-state index contributed by atoms with van der Waals surface area (Å²) in [6.45, 7) is 2.47. The topological polar surface area (TPSA) is 58.6 Å². The number of anilines is 1.